The van der Waals surface area contributed by atoms with Gasteiger partial charge in [0.05, 0.1) is 22.0 Å². The number of aromatic nitrogens is 2. The summed E-state index contributed by atoms with van der Waals surface area (Å²) in [6.45, 7) is 3.54. The van der Waals surface area contributed by atoms with Crippen molar-refractivity contribution in [2.45, 2.75) is 57.3 Å². The van der Waals surface area contributed by atoms with Crippen LogP contribution in [0.15, 0.2) is 41.2 Å². The molecule has 5 nitrogen and oxygen atoms in total. The Balaban J connectivity index is 1.62. The molecule has 1 aromatic heterocycles. The van der Waals surface area contributed by atoms with Gasteiger partial charge in [0.1, 0.15) is 11.6 Å². The number of anilines is 1. The van der Waals surface area contributed by atoms with E-state index in [1.165, 1.54) is 12.0 Å². The summed E-state index contributed by atoms with van der Waals surface area (Å²) in [6.07, 6.45) is 6.90. The van der Waals surface area contributed by atoms with Crippen molar-refractivity contribution >= 4 is 22.4 Å². The van der Waals surface area contributed by atoms with Crippen LogP contribution in [0.5, 0.6) is 0 Å². The first kappa shape index (κ1) is 18.8. The van der Waals surface area contributed by atoms with Gasteiger partial charge in [0, 0.05) is 31.6 Å². The van der Waals surface area contributed by atoms with Gasteiger partial charge in [0.2, 0.25) is 0 Å². The molecule has 2 aliphatic heterocycles. The number of aryl methyl sites for hydroxylation is 1. The van der Waals surface area contributed by atoms with E-state index in [1.54, 1.807) is 0 Å². The Morgan fingerprint density at radius 1 is 0.968 bits per heavy atom. The van der Waals surface area contributed by atoms with Crippen molar-refractivity contribution < 1.29 is 4.79 Å². The van der Waals surface area contributed by atoms with Gasteiger partial charge in [-0.1, -0.05) is 37.5 Å². The monoisotopic (exact) mass is 413 g/mol. The Labute approximate surface area is 181 Å². The molecule has 1 saturated carbocycles. The standard InChI is InChI=1S/C26H27N3O2/c1-17-6-5-7-21-23(17)24(31)27-25-26(12-3-2-4-13-26)20-9-8-18(16-22(20)29(21)25)28-14-10-19(30)11-15-28/h5-9,16H,2-4,10-15H2,1H3. The van der Waals surface area contributed by atoms with Crippen LogP contribution in [-0.4, -0.2) is 28.4 Å². The molecule has 0 amide bonds. The third kappa shape index (κ3) is 2.65. The SMILES string of the molecule is Cc1cccc2c1c(=O)nc1n2-c2cc(N3CCC(=O)CC3)ccc2C12CCCCC2. The van der Waals surface area contributed by atoms with Gasteiger partial charge in [-0.15, -0.1) is 0 Å². The average Bonchev–Trinajstić information content (AvgIpc) is 3.04. The molecule has 3 heterocycles. The van der Waals surface area contributed by atoms with E-state index in [1.807, 2.05) is 19.1 Å². The second kappa shape index (κ2) is 6.78. The maximum Gasteiger partial charge on any atom is 0.281 e. The molecular formula is C26H27N3O2. The molecule has 1 spiro atoms. The van der Waals surface area contributed by atoms with Crippen LogP contribution in [0.1, 0.15) is 61.9 Å². The first-order chi connectivity index (χ1) is 15.1. The minimum absolute atomic E-state index is 0.105. The molecule has 5 heteroatoms. The summed E-state index contributed by atoms with van der Waals surface area (Å²) in [5, 5.41) is 0.721. The zero-order valence-corrected chi connectivity index (χ0v) is 18.0. The van der Waals surface area contributed by atoms with E-state index in [-0.39, 0.29) is 11.0 Å². The van der Waals surface area contributed by atoms with Crippen LogP contribution in [0.3, 0.4) is 0 Å². The van der Waals surface area contributed by atoms with E-state index in [0.29, 0.717) is 18.6 Å². The van der Waals surface area contributed by atoms with Crippen molar-refractivity contribution in [3.05, 3.63) is 63.7 Å². The van der Waals surface area contributed by atoms with Gasteiger partial charge in [-0.05, 0) is 49.1 Å². The van der Waals surface area contributed by atoms with Gasteiger partial charge < -0.3 is 4.90 Å². The number of Topliss-reactive ketones (excluding diaryl/α,β-unsaturated/α-hetero) is 1. The maximum absolute atomic E-state index is 13.1. The molecule has 3 aromatic rings. The lowest BCUT2D eigenvalue weighted by molar-refractivity contribution is -0.119. The van der Waals surface area contributed by atoms with Crippen molar-refractivity contribution in [3.63, 3.8) is 0 Å². The smallest absolute Gasteiger partial charge is 0.281 e. The summed E-state index contributed by atoms with van der Waals surface area (Å²) in [7, 11) is 0. The normalized spacial score (nSPS) is 19.6. The molecular weight excluding hydrogens is 386 g/mol. The Kier molecular flexibility index (Phi) is 4.11. The molecule has 6 rings (SSSR count). The number of rotatable bonds is 1. The molecule has 1 aliphatic carbocycles. The molecule has 2 fully saturated rings. The Bertz CT molecular complexity index is 1270. The van der Waals surface area contributed by atoms with Crippen LogP contribution in [-0.2, 0) is 10.2 Å². The van der Waals surface area contributed by atoms with Crippen LogP contribution in [0, 0.1) is 6.92 Å². The summed E-state index contributed by atoms with van der Waals surface area (Å²) in [5.41, 5.74) is 5.30. The van der Waals surface area contributed by atoms with Crippen molar-refractivity contribution in [2.24, 2.45) is 0 Å². The summed E-state index contributed by atoms with van der Waals surface area (Å²) in [5.74, 6) is 1.28. The quantitative estimate of drug-likeness (QED) is 0.592. The molecule has 2 aromatic carbocycles. The van der Waals surface area contributed by atoms with Crippen LogP contribution >= 0.6 is 0 Å². The number of hydrogen-bond donors (Lipinski definition) is 0. The number of carbonyl (C=O) groups excluding carboxylic acids is 1. The molecule has 158 valence electrons. The third-order valence-electron chi connectivity index (χ3n) is 7.68. The molecule has 3 aliphatic rings. The largest absolute Gasteiger partial charge is 0.371 e. The van der Waals surface area contributed by atoms with E-state index in [4.69, 9.17) is 4.98 Å². The predicted octanol–water partition coefficient (Wildman–Crippen LogP) is 4.43. The minimum atomic E-state index is -0.166. The molecule has 0 atom stereocenters. The van der Waals surface area contributed by atoms with E-state index in [9.17, 15) is 9.59 Å². The van der Waals surface area contributed by atoms with Crippen molar-refractivity contribution in [2.75, 3.05) is 18.0 Å². The lowest BCUT2D eigenvalue weighted by Crippen LogP contribution is -2.34. The highest BCUT2D eigenvalue weighted by Gasteiger charge is 2.46. The Hall–Kier alpha value is -2.95. The van der Waals surface area contributed by atoms with E-state index in [2.05, 4.69) is 33.7 Å². The first-order valence-electron chi connectivity index (χ1n) is 11.5. The zero-order valence-electron chi connectivity index (χ0n) is 18.0. The number of fused-ring (bicyclic) bond motifs is 7. The third-order valence-corrected chi connectivity index (χ3v) is 7.68. The van der Waals surface area contributed by atoms with Gasteiger partial charge in [0.25, 0.3) is 5.56 Å². The lowest BCUT2D eigenvalue weighted by Gasteiger charge is -2.34. The van der Waals surface area contributed by atoms with Crippen molar-refractivity contribution in [1.29, 1.82) is 0 Å². The number of piperidine rings is 1. The maximum atomic E-state index is 13.1. The van der Waals surface area contributed by atoms with Gasteiger partial charge in [-0.25, -0.2) is 0 Å². The molecule has 0 unspecified atom stereocenters. The van der Waals surface area contributed by atoms with Gasteiger partial charge in [-0.2, -0.15) is 4.98 Å². The summed E-state index contributed by atoms with van der Waals surface area (Å²) in [4.78, 5) is 31.9. The Morgan fingerprint density at radius 3 is 2.52 bits per heavy atom. The minimum Gasteiger partial charge on any atom is -0.371 e. The fourth-order valence-electron chi connectivity index (χ4n) is 6.09. The second-order valence-corrected chi connectivity index (χ2v) is 9.41. The fourth-order valence-corrected chi connectivity index (χ4v) is 6.09. The number of carbonyl (C=O) groups is 1. The van der Waals surface area contributed by atoms with Crippen LogP contribution < -0.4 is 10.5 Å². The number of nitrogens with zero attached hydrogens (tertiary/aromatic N) is 3. The highest BCUT2D eigenvalue weighted by Crippen LogP contribution is 2.52. The molecule has 0 bridgehead atoms. The molecule has 0 N–H and O–H groups in total. The zero-order chi connectivity index (χ0) is 21.2. The predicted molar refractivity (Wildman–Crippen MR) is 122 cm³/mol. The lowest BCUT2D eigenvalue weighted by atomic mass is 9.70. The second-order valence-electron chi connectivity index (χ2n) is 9.41. The van der Waals surface area contributed by atoms with Gasteiger partial charge >= 0.3 is 0 Å². The summed E-state index contributed by atoms with van der Waals surface area (Å²) >= 11 is 0. The van der Waals surface area contributed by atoms with Crippen LogP contribution in [0.4, 0.5) is 5.69 Å². The molecule has 31 heavy (non-hydrogen) atoms. The fraction of sp³-hybridized carbons (Fsp3) is 0.423. The number of hydrogen-bond acceptors (Lipinski definition) is 4. The van der Waals surface area contributed by atoms with Gasteiger partial charge in [-0.3, -0.25) is 14.2 Å². The highest BCUT2D eigenvalue weighted by atomic mass is 16.1. The van der Waals surface area contributed by atoms with Crippen LogP contribution in [0.2, 0.25) is 0 Å². The van der Waals surface area contributed by atoms with Crippen molar-refractivity contribution in [3.8, 4) is 5.69 Å². The molecule has 1 saturated heterocycles. The average molecular weight is 414 g/mol. The van der Waals surface area contributed by atoms with E-state index >= 15 is 0 Å². The van der Waals surface area contributed by atoms with Crippen LogP contribution in [0.25, 0.3) is 16.6 Å². The first-order valence-corrected chi connectivity index (χ1v) is 11.5. The number of ketones is 1. The highest BCUT2D eigenvalue weighted by molar-refractivity contribution is 5.85. The molecule has 0 radical (unpaired) electrons. The van der Waals surface area contributed by atoms with Crippen molar-refractivity contribution in [1.82, 2.24) is 9.55 Å². The summed E-state index contributed by atoms with van der Waals surface area (Å²) < 4.78 is 2.27. The summed E-state index contributed by atoms with van der Waals surface area (Å²) in [6, 6.07) is 12.8. The van der Waals surface area contributed by atoms with Gasteiger partial charge in [0.15, 0.2) is 0 Å². The Morgan fingerprint density at radius 2 is 1.74 bits per heavy atom. The number of benzene rings is 2. The van der Waals surface area contributed by atoms with E-state index < -0.39 is 0 Å². The van der Waals surface area contributed by atoms with E-state index in [0.717, 1.165) is 72.4 Å². The topological polar surface area (TPSA) is 55.2 Å².